The lowest BCUT2D eigenvalue weighted by Gasteiger charge is -2.45. The normalized spacial score (nSPS) is 40.6. The second kappa shape index (κ2) is 13.0. The van der Waals surface area contributed by atoms with Gasteiger partial charge in [-0.2, -0.15) is 0 Å². The summed E-state index contributed by atoms with van der Waals surface area (Å²) in [6.07, 6.45) is 5.40. The topological polar surface area (TPSA) is 112 Å². The molecule has 9 heteroatoms. The van der Waals surface area contributed by atoms with Crippen LogP contribution in [0.25, 0.3) is 0 Å². The third-order valence-corrected chi connectivity index (χ3v) is 10.8. The number of carbonyl (C=O) groups excluding carboxylic acids is 2. The minimum atomic E-state index is -1.28. The largest absolute Gasteiger partial charge is 0.498 e. The van der Waals surface area contributed by atoms with Crippen LogP contribution in [0.3, 0.4) is 0 Å². The molecule has 3 fully saturated rings. The highest BCUT2D eigenvalue weighted by atomic mass is 79.9. The predicted molar refractivity (Wildman–Crippen MR) is 149 cm³/mol. The molecule has 0 spiro atoms. The van der Waals surface area contributed by atoms with Crippen molar-refractivity contribution in [3.05, 3.63) is 23.2 Å². The Labute approximate surface area is 240 Å². The molecule has 0 aromatic rings. The van der Waals surface area contributed by atoms with Gasteiger partial charge in [0.15, 0.2) is 11.5 Å². The molecule has 0 aromatic heterocycles. The van der Waals surface area contributed by atoms with Crippen LogP contribution in [0.4, 0.5) is 0 Å². The molecule has 4 aliphatic rings. The Morgan fingerprint density at radius 3 is 2.51 bits per heavy atom. The molecule has 0 bridgehead atoms. The van der Waals surface area contributed by atoms with Gasteiger partial charge in [-0.3, -0.25) is 9.59 Å². The Morgan fingerprint density at radius 1 is 1.15 bits per heavy atom. The van der Waals surface area contributed by atoms with Gasteiger partial charge >= 0.3 is 5.97 Å². The highest BCUT2D eigenvalue weighted by Gasteiger charge is 2.58. The number of ether oxygens (including phenoxy) is 4. The number of alkyl halides is 1. The van der Waals surface area contributed by atoms with Gasteiger partial charge in [-0.25, -0.2) is 0 Å². The standard InChI is InChI=1S/C30H45BrO8/c1-6-17-10-8-7-9-15(2)27(33)23-13-20-19-11-18(39-30(35)29(37-5)16(3)36-4)12-22(19)28(34)26(31)25(20)21(23)14-24(32)38-17/h13,15,17-22,25-26,28,30,34-35H,6-12,14H2,1-5H3/b29-16+/t15-,17+,18+,19+,20?,21-,22?,25-,26?,28?,30+/m1/s1. The summed E-state index contributed by atoms with van der Waals surface area (Å²) >= 11 is 3.80. The lowest BCUT2D eigenvalue weighted by molar-refractivity contribution is -0.151. The number of aliphatic hydroxyl groups excluding tert-OH is 2. The molecule has 0 aromatic carbocycles. The maximum atomic E-state index is 13.7. The van der Waals surface area contributed by atoms with Gasteiger partial charge in [0.2, 0.25) is 6.29 Å². The van der Waals surface area contributed by atoms with Crippen LogP contribution in [0, 0.1) is 35.5 Å². The highest BCUT2D eigenvalue weighted by molar-refractivity contribution is 9.09. The number of fused-ring (bicyclic) bond motifs is 5. The van der Waals surface area contributed by atoms with E-state index < -0.39 is 12.4 Å². The zero-order valence-corrected chi connectivity index (χ0v) is 25.4. The Balaban J connectivity index is 1.60. The lowest BCUT2D eigenvalue weighted by atomic mass is 9.65. The van der Waals surface area contributed by atoms with Gasteiger partial charge in [0, 0.05) is 16.7 Å². The minimum Gasteiger partial charge on any atom is -0.498 e. The smallest absolute Gasteiger partial charge is 0.306 e. The van der Waals surface area contributed by atoms with Gasteiger partial charge in [-0.15, -0.1) is 0 Å². The van der Waals surface area contributed by atoms with E-state index in [-0.39, 0.29) is 76.5 Å². The molecule has 0 radical (unpaired) electrons. The Hall–Kier alpha value is -1.42. The number of cyclic esters (lactones) is 1. The molecule has 4 rings (SSSR count). The minimum absolute atomic E-state index is 0.0164. The van der Waals surface area contributed by atoms with E-state index in [1.807, 2.05) is 13.8 Å². The first kappa shape index (κ1) is 30.5. The number of rotatable bonds is 6. The molecule has 2 N–H and O–H groups in total. The van der Waals surface area contributed by atoms with Crippen molar-refractivity contribution in [2.75, 3.05) is 14.2 Å². The second-order valence-electron chi connectivity index (χ2n) is 11.8. The van der Waals surface area contributed by atoms with Crippen LogP contribution < -0.4 is 0 Å². The molecule has 2 saturated carbocycles. The summed E-state index contributed by atoms with van der Waals surface area (Å²) in [5.41, 5.74) is 0.727. The molecule has 8 nitrogen and oxygen atoms in total. The van der Waals surface area contributed by atoms with E-state index in [2.05, 4.69) is 22.0 Å². The van der Waals surface area contributed by atoms with E-state index in [1.54, 1.807) is 6.92 Å². The van der Waals surface area contributed by atoms with E-state index in [1.165, 1.54) is 14.2 Å². The Bertz CT molecular complexity index is 963. The fourth-order valence-electron chi connectivity index (χ4n) is 7.50. The number of aliphatic hydroxyl groups is 2. The zero-order chi connectivity index (χ0) is 28.4. The van der Waals surface area contributed by atoms with Gasteiger partial charge in [-0.1, -0.05) is 42.3 Å². The van der Waals surface area contributed by atoms with Crippen molar-refractivity contribution in [1.82, 2.24) is 0 Å². The number of hydrogen-bond acceptors (Lipinski definition) is 8. The van der Waals surface area contributed by atoms with E-state index in [0.717, 1.165) is 37.7 Å². The van der Waals surface area contributed by atoms with Gasteiger partial charge in [0.05, 0.1) is 32.8 Å². The van der Waals surface area contributed by atoms with Crippen molar-refractivity contribution in [2.24, 2.45) is 35.5 Å². The molecule has 4 unspecified atom stereocenters. The molecule has 39 heavy (non-hydrogen) atoms. The van der Waals surface area contributed by atoms with Crippen LogP contribution >= 0.6 is 15.9 Å². The number of hydrogen-bond donors (Lipinski definition) is 2. The summed E-state index contributed by atoms with van der Waals surface area (Å²) in [5.74, 6) is 0.00912. The summed E-state index contributed by atoms with van der Waals surface area (Å²) in [4.78, 5) is 26.6. The van der Waals surface area contributed by atoms with Crippen LogP contribution in [0.15, 0.2) is 23.2 Å². The van der Waals surface area contributed by atoms with Crippen molar-refractivity contribution in [2.45, 2.75) is 102 Å². The first-order valence-electron chi connectivity index (χ1n) is 14.5. The summed E-state index contributed by atoms with van der Waals surface area (Å²) < 4.78 is 22.4. The molecule has 0 amide bonds. The SMILES string of the molecule is CC[C@H]1CCCC[C@@H](C)C(=O)C2=CC3[C@@H]4C[C@H](O[C@H](O)/C(OC)=C(/C)OC)CC4C(O)C(Br)[C@H]3[C@@H]2CC(=O)O1. The third-order valence-electron chi connectivity index (χ3n) is 9.63. The van der Waals surface area contributed by atoms with E-state index in [4.69, 9.17) is 18.9 Å². The molecular formula is C30H45BrO8. The van der Waals surface area contributed by atoms with Gasteiger partial charge in [0.1, 0.15) is 11.9 Å². The average Bonchev–Trinajstić information content (AvgIpc) is 3.49. The summed E-state index contributed by atoms with van der Waals surface area (Å²) in [6, 6.07) is 0. The van der Waals surface area contributed by atoms with Gasteiger partial charge in [-0.05, 0) is 74.7 Å². The Morgan fingerprint density at radius 2 is 1.85 bits per heavy atom. The molecule has 1 aliphatic heterocycles. The van der Waals surface area contributed by atoms with Crippen molar-refractivity contribution in [3.8, 4) is 0 Å². The van der Waals surface area contributed by atoms with Gasteiger partial charge in [0.25, 0.3) is 0 Å². The quantitative estimate of drug-likeness (QED) is 0.193. The molecular weight excluding hydrogens is 568 g/mol. The number of carbonyl (C=O) groups is 2. The van der Waals surface area contributed by atoms with Crippen molar-refractivity contribution < 1.29 is 38.7 Å². The monoisotopic (exact) mass is 612 g/mol. The molecule has 11 atom stereocenters. The molecule has 3 aliphatic carbocycles. The van der Waals surface area contributed by atoms with Crippen molar-refractivity contribution in [1.29, 1.82) is 0 Å². The first-order chi connectivity index (χ1) is 18.6. The van der Waals surface area contributed by atoms with Crippen LogP contribution in [-0.2, 0) is 28.5 Å². The molecule has 1 saturated heterocycles. The third kappa shape index (κ3) is 6.26. The highest BCUT2D eigenvalue weighted by Crippen LogP contribution is 2.58. The number of halogens is 1. The predicted octanol–water partition coefficient (Wildman–Crippen LogP) is 4.66. The van der Waals surface area contributed by atoms with Crippen molar-refractivity contribution in [3.63, 3.8) is 0 Å². The van der Waals surface area contributed by atoms with Crippen LogP contribution in [-0.4, -0.2) is 65.6 Å². The van der Waals surface area contributed by atoms with Crippen LogP contribution in [0.5, 0.6) is 0 Å². The number of esters is 1. The number of allylic oxidation sites excluding steroid dienone is 3. The molecule has 1 heterocycles. The first-order valence-corrected chi connectivity index (χ1v) is 15.4. The Kier molecular flexibility index (Phi) is 10.2. The zero-order valence-electron chi connectivity index (χ0n) is 23.8. The van der Waals surface area contributed by atoms with Crippen LogP contribution in [0.1, 0.15) is 72.1 Å². The van der Waals surface area contributed by atoms with Gasteiger partial charge < -0.3 is 29.2 Å². The molecule has 220 valence electrons. The summed E-state index contributed by atoms with van der Waals surface area (Å²) in [6.45, 7) is 5.73. The number of methoxy groups -OCH3 is 2. The van der Waals surface area contributed by atoms with E-state index in [9.17, 15) is 19.8 Å². The average molecular weight is 614 g/mol. The maximum absolute atomic E-state index is 13.7. The summed E-state index contributed by atoms with van der Waals surface area (Å²) in [5, 5.41) is 22.2. The number of ketones is 1. The van der Waals surface area contributed by atoms with E-state index in [0.29, 0.717) is 18.6 Å². The van der Waals surface area contributed by atoms with Crippen LogP contribution in [0.2, 0.25) is 0 Å². The fraction of sp³-hybridized carbons (Fsp3) is 0.800. The summed E-state index contributed by atoms with van der Waals surface area (Å²) in [7, 11) is 2.96. The lowest BCUT2D eigenvalue weighted by Crippen LogP contribution is -2.49. The number of Topliss-reactive ketones (excluding diaryl/α,β-unsaturated/α-hetero) is 1. The fourth-order valence-corrected chi connectivity index (χ4v) is 8.61. The van der Waals surface area contributed by atoms with Crippen molar-refractivity contribution >= 4 is 27.7 Å². The maximum Gasteiger partial charge on any atom is 0.306 e. The second-order valence-corrected chi connectivity index (χ2v) is 12.9. The van der Waals surface area contributed by atoms with E-state index >= 15 is 0 Å².